The van der Waals surface area contributed by atoms with E-state index in [1.165, 1.54) is 55.6 Å². The Morgan fingerprint density at radius 3 is 2.23 bits per heavy atom. The molecule has 11 rings (SSSR count). The van der Waals surface area contributed by atoms with Crippen LogP contribution in [-0.4, -0.2) is 93.4 Å². The highest BCUT2D eigenvalue weighted by atomic mass is 35.5. The van der Waals surface area contributed by atoms with Crippen LogP contribution in [0.2, 0.25) is 5.02 Å². The fourth-order valence-corrected chi connectivity index (χ4v) is 12.7. The van der Waals surface area contributed by atoms with Crippen LogP contribution in [0.15, 0.2) is 67.0 Å². The summed E-state index contributed by atoms with van der Waals surface area (Å²) >= 11 is 6.32. The normalized spacial score (nSPS) is 20.6. The molecule has 5 aromatic rings. The molecule has 0 bridgehead atoms. The Morgan fingerprint density at radius 1 is 0.886 bits per heavy atom. The van der Waals surface area contributed by atoms with E-state index in [1.54, 1.807) is 37.1 Å². The smallest absolute Gasteiger partial charge is 0.264 e. The van der Waals surface area contributed by atoms with Crippen LogP contribution in [0, 0.1) is 16.7 Å². The Kier molecular flexibility index (Phi) is 13.9. The number of hydrogen-bond donors (Lipinski definition) is 1. The lowest BCUT2D eigenvalue weighted by Crippen LogP contribution is -2.41. The molecule has 70 heavy (non-hydrogen) atoms. The van der Waals surface area contributed by atoms with Crippen LogP contribution in [0.25, 0.3) is 11.1 Å². The molecule has 0 radical (unpaired) electrons. The zero-order valence-corrected chi connectivity index (χ0v) is 41.7. The second-order valence-electron chi connectivity index (χ2n) is 20.9. The molecule has 6 aliphatic rings. The lowest BCUT2D eigenvalue weighted by Gasteiger charge is -2.40. The molecule has 1 spiro atoms. The molecule has 1 atom stereocenters. The number of carbonyl (C=O) groups is 1. The maximum Gasteiger partial charge on any atom is 0.264 e. The van der Waals surface area contributed by atoms with Crippen LogP contribution in [-0.2, 0) is 31.2 Å². The number of aliphatic hydroxyl groups excluding tert-OH is 1. The molecular formula is C55H67ClF2N10O2. The van der Waals surface area contributed by atoms with Gasteiger partial charge < -0.3 is 29.6 Å². The Hall–Kier alpha value is -5.65. The second kappa shape index (κ2) is 20.2. The number of amides is 1. The molecule has 1 unspecified atom stereocenters. The van der Waals surface area contributed by atoms with Gasteiger partial charge in [0.2, 0.25) is 5.91 Å². The van der Waals surface area contributed by atoms with Crippen molar-refractivity contribution in [1.29, 1.82) is 5.26 Å². The molecule has 3 saturated heterocycles. The third-order valence-corrected chi connectivity index (χ3v) is 16.7. The average Bonchev–Trinajstić information content (AvgIpc) is 4.08. The molecule has 4 fully saturated rings. The number of fused-ring (bicyclic) bond motifs is 2. The van der Waals surface area contributed by atoms with E-state index in [-0.39, 0.29) is 17.6 Å². The molecule has 5 aliphatic heterocycles. The first-order valence-electron chi connectivity index (χ1n) is 25.7. The maximum absolute atomic E-state index is 14.4. The molecule has 1 aliphatic carbocycles. The molecule has 2 aromatic heterocycles. The van der Waals surface area contributed by atoms with Crippen LogP contribution in [0.1, 0.15) is 125 Å². The summed E-state index contributed by atoms with van der Waals surface area (Å²) in [4.78, 5) is 23.7. The van der Waals surface area contributed by atoms with E-state index in [1.807, 2.05) is 29.2 Å². The van der Waals surface area contributed by atoms with E-state index >= 15 is 0 Å². The van der Waals surface area contributed by atoms with Crippen molar-refractivity contribution in [2.45, 2.75) is 128 Å². The summed E-state index contributed by atoms with van der Waals surface area (Å²) in [5.41, 5.74) is 10.0. The van der Waals surface area contributed by atoms with E-state index in [2.05, 4.69) is 66.6 Å². The Bertz CT molecular complexity index is 2710. The molecule has 370 valence electrons. The Morgan fingerprint density at radius 2 is 1.59 bits per heavy atom. The Labute approximate surface area is 416 Å². The van der Waals surface area contributed by atoms with E-state index in [0.29, 0.717) is 52.3 Å². The number of aliphatic hydroxyl groups is 1. The lowest BCUT2D eigenvalue weighted by molar-refractivity contribution is -0.129. The minimum atomic E-state index is -2.61. The predicted molar refractivity (Wildman–Crippen MR) is 273 cm³/mol. The van der Waals surface area contributed by atoms with E-state index < -0.39 is 6.43 Å². The van der Waals surface area contributed by atoms with Crippen molar-refractivity contribution in [1.82, 2.24) is 24.5 Å². The first-order chi connectivity index (χ1) is 33.9. The van der Waals surface area contributed by atoms with Crippen molar-refractivity contribution in [2.24, 2.45) is 12.5 Å². The number of aryl methyl sites for hydroxylation is 2. The number of carbonyl (C=O) groups excluding carboxylic acids is 1. The minimum absolute atomic E-state index is 0.0181. The van der Waals surface area contributed by atoms with Gasteiger partial charge in [-0.1, -0.05) is 30.9 Å². The van der Waals surface area contributed by atoms with Gasteiger partial charge in [-0.25, -0.2) is 8.78 Å². The van der Waals surface area contributed by atoms with Gasteiger partial charge in [-0.2, -0.15) is 15.5 Å². The summed E-state index contributed by atoms with van der Waals surface area (Å²) in [5.74, 6) is 0.893. The van der Waals surface area contributed by atoms with Gasteiger partial charge in [-0.15, -0.1) is 0 Å². The highest BCUT2D eigenvalue weighted by Gasteiger charge is 2.44. The van der Waals surface area contributed by atoms with Crippen LogP contribution in [0.3, 0.4) is 0 Å². The minimum Gasteiger partial charge on any atom is -0.393 e. The monoisotopic (exact) mass is 973 g/mol. The van der Waals surface area contributed by atoms with Gasteiger partial charge in [0.1, 0.15) is 6.07 Å². The number of alkyl halides is 2. The maximum atomic E-state index is 14.4. The zero-order valence-electron chi connectivity index (χ0n) is 41.0. The Balaban J connectivity index is 0.000000163. The SMILES string of the molecule is CC(=O)N1CCc2c(c(N3CCCc4cc(-c5cnn(C)c5)c(C(F)F)cc43)nn2C2CCCCC2)C1.CC1CC2(CCN(c3ccc(N4CCC(O)CC4)cc3)CC2)CN1c1ccc(C#N)c(Cl)c1. The summed E-state index contributed by atoms with van der Waals surface area (Å²) in [5, 5.41) is 28.9. The third-order valence-electron chi connectivity index (χ3n) is 16.3. The first kappa shape index (κ1) is 48.0. The molecule has 15 heteroatoms. The molecular weight excluding hydrogens is 906 g/mol. The molecule has 1 amide bonds. The molecule has 12 nitrogen and oxygen atoms in total. The number of nitrogens with zero attached hydrogens (tertiary/aromatic N) is 10. The number of nitriles is 1. The van der Waals surface area contributed by atoms with Gasteiger partial charge >= 0.3 is 0 Å². The van der Waals surface area contributed by atoms with Gasteiger partial charge in [0, 0.05) is 124 Å². The number of hydrogen-bond acceptors (Lipinski definition) is 9. The standard InChI is InChI=1S/C28H34F2N6O.C27H33ClN4O/c1-18(37)34-12-10-25-24(17-34)28(32-36(25)21-8-4-3-5-9-21)35-11-6-7-19-13-22(20-15-31-33(2)16-20)23(27(29)30)14-26(19)35;1-20-17-27(19-32(20)24-3-2-21(18-29)26(28)16-24)10-14-31(15-11-27)23-6-4-22(5-7-23)30-12-8-25(33)9-13-30/h13-16,21,27H,3-12,17H2,1-2H3;2-7,16,20,25,33H,8-15,17,19H2,1H3. The molecule has 1 N–H and O–H groups in total. The van der Waals surface area contributed by atoms with Crippen molar-refractivity contribution in [2.75, 3.05) is 65.4 Å². The molecule has 3 aromatic carbocycles. The fourth-order valence-electron chi connectivity index (χ4n) is 12.4. The average molecular weight is 974 g/mol. The molecule has 1 saturated carbocycles. The highest BCUT2D eigenvalue weighted by Crippen LogP contribution is 2.47. The number of piperidine rings is 2. The summed E-state index contributed by atoms with van der Waals surface area (Å²) in [6.45, 7) is 11.0. The van der Waals surface area contributed by atoms with Crippen LogP contribution in [0.4, 0.5) is 37.3 Å². The van der Waals surface area contributed by atoms with Gasteiger partial charge in [0.15, 0.2) is 5.82 Å². The number of aromatic nitrogens is 4. The summed E-state index contributed by atoms with van der Waals surface area (Å²) in [6, 6.07) is 21.4. The summed E-state index contributed by atoms with van der Waals surface area (Å²) in [6.07, 6.45) is 14.4. The quantitative estimate of drug-likeness (QED) is 0.170. The van der Waals surface area contributed by atoms with E-state index in [9.17, 15) is 23.9 Å². The number of benzene rings is 3. The van der Waals surface area contributed by atoms with Crippen LogP contribution >= 0.6 is 11.6 Å². The van der Waals surface area contributed by atoms with Crippen molar-refractivity contribution in [3.63, 3.8) is 0 Å². The van der Waals surface area contributed by atoms with Crippen LogP contribution < -0.4 is 19.6 Å². The number of halogens is 3. The highest BCUT2D eigenvalue weighted by molar-refractivity contribution is 6.32. The van der Waals surface area contributed by atoms with E-state index in [4.69, 9.17) is 16.7 Å². The molecule has 7 heterocycles. The van der Waals surface area contributed by atoms with E-state index in [0.717, 1.165) is 113 Å². The first-order valence-corrected chi connectivity index (χ1v) is 26.1. The van der Waals surface area contributed by atoms with Crippen molar-refractivity contribution >= 4 is 46.1 Å². The van der Waals surface area contributed by atoms with Crippen molar-refractivity contribution in [3.05, 3.63) is 100.0 Å². The van der Waals surface area contributed by atoms with Gasteiger partial charge in [0.05, 0.1) is 35.5 Å². The topological polar surface area (TPSA) is 113 Å². The summed E-state index contributed by atoms with van der Waals surface area (Å²) in [7, 11) is 1.79. The van der Waals surface area contributed by atoms with Gasteiger partial charge in [0.25, 0.3) is 6.43 Å². The van der Waals surface area contributed by atoms with Gasteiger partial charge in [-0.05, 0) is 136 Å². The third kappa shape index (κ3) is 9.72. The van der Waals surface area contributed by atoms with Crippen molar-refractivity contribution in [3.8, 4) is 17.2 Å². The summed E-state index contributed by atoms with van der Waals surface area (Å²) < 4.78 is 32.6. The predicted octanol–water partition coefficient (Wildman–Crippen LogP) is 10.8. The lowest BCUT2D eigenvalue weighted by atomic mass is 9.76. The van der Waals surface area contributed by atoms with Crippen molar-refractivity contribution < 1.29 is 18.7 Å². The fraction of sp³-hybridized carbons (Fsp3) is 0.527. The zero-order chi connectivity index (χ0) is 48.7. The second-order valence-corrected chi connectivity index (χ2v) is 21.3. The number of anilines is 5. The van der Waals surface area contributed by atoms with Crippen LogP contribution in [0.5, 0.6) is 0 Å². The number of rotatable bonds is 7. The van der Waals surface area contributed by atoms with Gasteiger partial charge in [-0.3, -0.25) is 14.2 Å². The largest absolute Gasteiger partial charge is 0.393 e.